The molecule has 0 aromatic heterocycles. The minimum atomic E-state index is -0.833. The van der Waals surface area contributed by atoms with Crippen LogP contribution in [0, 0.1) is 0 Å². The number of carboxylic acid groups (broad SMARTS) is 1. The first-order valence-corrected chi connectivity index (χ1v) is 4.61. The van der Waals surface area contributed by atoms with Gasteiger partial charge in [0.05, 0.1) is 0 Å². The molecule has 0 aromatic carbocycles. The Morgan fingerprint density at radius 1 is 1.33 bits per heavy atom. The fourth-order valence-corrected chi connectivity index (χ4v) is 0.977. The predicted molar refractivity (Wildman–Crippen MR) is 52.2 cm³/mol. The highest BCUT2D eigenvalue weighted by molar-refractivity contribution is 6.18. The van der Waals surface area contributed by atoms with Crippen molar-refractivity contribution < 1.29 is 9.90 Å². The zero-order chi connectivity index (χ0) is 9.98. The van der Waals surface area contributed by atoms with Gasteiger partial charge in [0.1, 0.15) is 0 Å². The molecule has 0 saturated heterocycles. The number of rotatable bonds is 4. The van der Waals surface area contributed by atoms with Crippen LogP contribution in [0.15, 0.2) is 0 Å². The van der Waals surface area contributed by atoms with Crippen molar-refractivity contribution in [2.24, 2.45) is 0 Å². The number of hydrogen-bond donors (Lipinski definition) is 1. The Bertz CT molecular complexity index is 102. The number of aliphatic carboxylic acids is 1. The zero-order valence-corrected chi connectivity index (χ0v) is 8.90. The molecule has 0 radical (unpaired) electrons. The first-order valence-electron chi connectivity index (χ1n) is 3.54. The SMILES string of the molecule is CC(=O)O.CN(CCCl)CCCl. The minimum absolute atomic E-state index is 0.688. The number of carboxylic acids is 1. The van der Waals surface area contributed by atoms with Crippen LogP contribution in [0.5, 0.6) is 0 Å². The fraction of sp³-hybridized carbons (Fsp3) is 0.857. The molecule has 0 aliphatic rings. The lowest BCUT2D eigenvalue weighted by molar-refractivity contribution is -0.134. The number of halogens is 2. The predicted octanol–water partition coefficient (Wildman–Crippen LogP) is 1.49. The highest BCUT2D eigenvalue weighted by Crippen LogP contribution is 1.85. The average Bonchev–Trinajstić information content (AvgIpc) is 1.87. The van der Waals surface area contributed by atoms with E-state index in [1.165, 1.54) is 0 Å². The smallest absolute Gasteiger partial charge is 0.300 e. The Hall–Kier alpha value is 0.01000. The van der Waals surface area contributed by atoms with Crippen LogP contribution in [0.3, 0.4) is 0 Å². The van der Waals surface area contributed by atoms with Crippen LogP contribution in [-0.4, -0.2) is 47.9 Å². The largest absolute Gasteiger partial charge is 0.481 e. The number of hydrogen-bond acceptors (Lipinski definition) is 2. The van der Waals surface area contributed by atoms with Crippen LogP contribution in [0.4, 0.5) is 0 Å². The standard InChI is InChI=1S/C5H11Cl2N.C2H4O2/c1-8(4-2-6)5-3-7;1-2(3)4/h2-5H2,1H3;1H3,(H,3,4). The van der Waals surface area contributed by atoms with Crippen LogP contribution < -0.4 is 0 Å². The molecule has 0 saturated carbocycles. The van der Waals surface area contributed by atoms with Crippen LogP contribution in [-0.2, 0) is 4.79 Å². The topological polar surface area (TPSA) is 40.5 Å². The van der Waals surface area contributed by atoms with Gasteiger partial charge in [-0.15, -0.1) is 23.2 Å². The van der Waals surface area contributed by atoms with E-state index in [1.807, 2.05) is 7.05 Å². The molecule has 0 spiro atoms. The van der Waals surface area contributed by atoms with Gasteiger partial charge in [0, 0.05) is 31.8 Å². The van der Waals surface area contributed by atoms with Gasteiger partial charge >= 0.3 is 0 Å². The minimum Gasteiger partial charge on any atom is -0.481 e. The molecule has 12 heavy (non-hydrogen) atoms. The zero-order valence-electron chi connectivity index (χ0n) is 7.39. The first kappa shape index (κ1) is 14.5. The molecule has 5 heteroatoms. The summed E-state index contributed by atoms with van der Waals surface area (Å²) < 4.78 is 0. The third-order valence-corrected chi connectivity index (χ3v) is 1.27. The molecule has 1 N–H and O–H groups in total. The molecule has 0 aromatic rings. The average molecular weight is 216 g/mol. The summed E-state index contributed by atoms with van der Waals surface area (Å²) in [6, 6.07) is 0. The normalized spacial score (nSPS) is 9.08. The summed E-state index contributed by atoms with van der Waals surface area (Å²) in [6.45, 7) is 2.93. The van der Waals surface area contributed by atoms with Crippen molar-refractivity contribution >= 4 is 29.2 Å². The molecule has 3 nitrogen and oxygen atoms in total. The van der Waals surface area contributed by atoms with Gasteiger partial charge in [-0.3, -0.25) is 4.79 Å². The summed E-state index contributed by atoms with van der Waals surface area (Å²) in [5.74, 6) is 0.542. The summed E-state index contributed by atoms with van der Waals surface area (Å²) in [4.78, 5) is 11.1. The molecule has 74 valence electrons. The molecule has 0 rings (SSSR count). The summed E-state index contributed by atoms with van der Waals surface area (Å²) >= 11 is 10.9. The maximum Gasteiger partial charge on any atom is 0.300 e. The van der Waals surface area contributed by atoms with Crippen molar-refractivity contribution in [2.75, 3.05) is 31.9 Å². The second-order valence-corrected chi connectivity index (χ2v) is 2.96. The lowest BCUT2D eigenvalue weighted by Crippen LogP contribution is -2.22. The highest BCUT2D eigenvalue weighted by atomic mass is 35.5. The molecular weight excluding hydrogens is 201 g/mol. The van der Waals surface area contributed by atoms with E-state index >= 15 is 0 Å². The Balaban J connectivity index is 0. The second kappa shape index (κ2) is 11.0. The number of alkyl halides is 2. The first-order chi connectivity index (χ1) is 5.54. The van der Waals surface area contributed by atoms with Crippen LogP contribution in [0.2, 0.25) is 0 Å². The van der Waals surface area contributed by atoms with Gasteiger partial charge < -0.3 is 10.0 Å². The Morgan fingerprint density at radius 2 is 1.58 bits per heavy atom. The van der Waals surface area contributed by atoms with Crippen LogP contribution in [0.1, 0.15) is 6.92 Å². The maximum atomic E-state index is 9.00. The molecule has 0 unspecified atom stereocenters. The van der Waals surface area contributed by atoms with Gasteiger partial charge in [-0.25, -0.2) is 0 Å². The monoisotopic (exact) mass is 215 g/mol. The van der Waals surface area contributed by atoms with Crippen molar-refractivity contribution in [3.63, 3.8) is 0 Å². The molecule has 0 fully saturated rings. The Morgan fingerprint density at radius 3 is 1.75 bits per heavy atom. The van der Waals surface area contributed by atoms with Gasteiger partial charge in [-0.05, 0) is 7.05 Å². The number of carbonyl (C=O) groups is 1. The lowest BCUT2D eigenvalue weighted by atomic mass is 10.6. The van der Waals surface area contributed by atoms with Gasteiger partial charge in [0.15, 0.2) is 0 Å². The van der Waals surface area contributed by atoms with Crippen LogP contribution in [0.25, 0.3) is 0 Å². The second-order valence-electron chi connectivity index (χ2n) is 2.20. The van der Waals surface area contributed by atoms with Crippen molar-refractivity contribution in [1.82, 2.24) is 4.90 Å². The van der Waals surface area contributed by atoms with Gasteiger partial charge in [-0.2, -0.15) is 0 Å². The molecule has 0 aliphatic carbocycles. The summed E-state index contributed by atoms with van der Waals surface area (Å²) in [6.07, 6.45) is 0. The van der Waals surface area contributed by atoms with Crippen molar-refractivity contribution in [1.29, 1.82) is 0 Å². The van der Waals surface area contributed by atoms with Crippen LogP contribution >= 0.6 is 23.2 Å². The van der Waals surface area contributed by atoms with E-state index in [1.54, 1.807) is 0 Å². The third-order valence-electron chi connectivity index (χ3n) is 0.932. The highest BCUT2D eigenvalue weighted by Gasteiger charge is 1.92. The summed E-state index contributed by atoms with van der Waals surface area (Å²) in [7, 11) is 2.00. The van der Waals surface area contributed by atoms with E-state index in [0.717, 1.165) is 20.0 Å². The van der Waals surface area contributed by atoms with Gasteiger partial charge in [0.2, 0.25) is 0 Å². The molecule has 0 amide bonds. The Kier molecular flexibility index (Phi) is 13.3. The molecular formula is C7H15Cl2NO2. The lowest BCUT2D eigenvalue weighted by Gasteiger charge is -2.11. The van der Waals surface area contributed by atoms with Crippen molar-refractivity contribution in [2.45, 2.75) is 6.92 Å². The molecule has 0 heterocycles. The fourth-order valence-electron chi connectivity index (χ4n) is 0.400. The third kappa shape index (κ3) is 22.5. The van der Waals surface area contributed by atoms with E-state index in [2.05, 4.69) is 4.90 Å². The quantitative estimate of drug-likeness (QED) is 0.723. The number of nitrogens with zero attached hydrogens (tertiary/aromatic N) is 1. The maximum absolute atomic E-state index is 9.00. The van der Waals surface area contributed by atoms with E-state index in [-0.39, 0.29) is 0 Å². The molecule has 0 bridgehead atoms. The summed E-state index contributed by atoms with van der Waals surface area (Å²) in [5.41, 5.74) is 0. The Labute approximate surface area is 83.3 Å². The summed E-state index contributed by atoms with van der Waals surface area (Å²) in [5, 5.41) is 7.42. The van der Waals surface area contributed by atoms with Gasteiger partial charge in [0.25, 0.3) is 5.97 Å². The van der Waals surface area contributed by atoms with Crippen molar-refractivity contribution in [3.05, 3.63) is 0 Å². The molecule has 0 aliphatic heterocycles. The van der Waals surface area contributed by atoms with Gasteiger partial charge in [-0.1, -0.05) is 0 Å². The van der Waals surface area contributed by atoms with Crippen molar-refractivity contribution in [3.8, 4) is 0 Å². The van der Waals surface area contributed by atoms with E-state index in [0.29, 0.717) is 11.8 Å². The van der Waals surface area contributed by atoms with E-state index < -0.39 is 5.97 Å². The van der Waals surface area contributed by atoms with E-state index in [9.17, 15) is 0 Å². The molecule has 0 atom stereocenters. The van der Waals surface area contributed by atoms with E-state index in [4.69, 9.17) is 33.1 Å².